The van der Waals surface area contributed by atoms with Crippen LogP contribution in [-0.4, -0.2) is 134 Å². The molecule has 4 aliphatic rings. The van der Waals surface area contributed by atoms with E-state index in [2.05, 4.69) is 31.9 Å². The molecule has 2 heterocycles. The molecule has 434 valence electrons. The lowest BCUT2D eigenvalue weighted by molar-refractivity contribution is -0.144. The first-order valence-corrected chi connectivity index (χ1v) is 28.5. The number of fused-ring (bicyclic) bond motifs is 2. The molecule has 6 amide bonds. The van der Waals surface area contributed by atoms with E-state index in [9.17, 15) is 38.4 Å². The second-order valence-electron chi connectivity index (χ2n) is 24.7. The van der Waals surface area contributed by atoms with Crippen LogP contribution in [-0.2, 0) is 41.6 Å². The van der Waals surface area contributed by atoms with Crippen molar-refractivity contribution in [2.24, 2.45) is 22.7 Å². The van der Waals surface area contributed by atoms with Crippen LogP contribution in [0.5, 0.6) is 11.5 Å². The van der Waals surface area contributed by atoms with Gasteiger partial charge in [0.1, 0.15) is 35.7 Å². The second-order valence-corrected chi connectivity index (χ2v) is 24.7. The molecule has 0 radical (unpaired) electrons. The normalized spacial score (nSPS) is 22.4. The molecule has 2 aliphatic carbocycles. The summed E-state index contributed by atoms with van der Waals surface area (Å²) in [7, 11) is 6.51. The van der Waals surface area contributed by atoms with E-state index in [0.29, 0.717) is 35.5 Å². The lowest BCUT2D eigenvalue weighted by atomic mass is 9.85. The Hall–Kier alpha value is -6.66. The summed E-state index contributed by atoms with van der Waals surface area (Å²) in [5.41, 5.74) is 3.25. The molecular formula is C62H86N8O10. The van der Waals surface area contributed by atoms with Crippen LogP contribution in [0.25, 0.3) is 0 Å². The van der Waals surface area contributed by atoms with Gasteiger partial charge in [0.15, 0.2) is 11.6 Å². The van der Waals surface area contributed by atoms with E-state index in [4.69, 9.17) is 9.47 Å². The number of Topliss-reactive ketones (excluding diaryl/α,β-unsaturated/α-hetero) is 2. The fourth-order valence-corrected chi connectivity index (χ4v) is 11.8. The number of amides is 6. The number of methoxy groups -OCH3 is 2. The van der Waals surface area contributed by atoms with Crippen LogP contribution in [0, 0.1) is 22.7 Å². The first-order chi connectivity index (χ1) is 37.8. The second kappa shape index (κ2) is 25.9. The van der Waals surface area contributed by atoms with Gasteiger partial charge in [0.2, 0.25) is 35.4 Å². The van der Waals surface area contributed by atoms with E-state index in [1.807, 2.05) is 77.9 Å². The standard InChI is InChI=1S/C62H86N8O10/c1-35(63-9)55(73)67-53(61(3,4)5)59(77)69-33-37(26-49(69)57(75)65-47-20-14-16-39-22-24-43(79-11)31-45(39)47)28-51(71)41-18-13-19-42(30-41)52(72)29-38-27-50(58(76)66-48-21-15-17-40-23-25-44(80-12)32-46(40)48)70(34-38)60(78)54(62(6,7)8)68-56(74)36(2)64-10/h13,18-19,22-25,30-32,35-38,47-50,53-54,63-64H,14-17,20-21,26-29,33-34H2,1-12H3,(H,65,75)(H,66,76)(H,67,73)(H,68,74)/t35-,36-,37+,38+,47+,48+,49-,50-,53+,54+/m0/s1. The largest absolute Gasteiger partial charge is 0.497 e. The monoisotopic (exact) mass is 1100 g/mol. The van der Waals surface area contributed by atoms with Gasteiger partial charge in [-0.3, -0.25) is 38.4 Å². The van der Waals surface area contributed by atoms with E-state index in [1.54, 1.807) is 66.4 Å². The number of hydrogen-bond acceptors (Lipinski definition) is 12. The number of carbonyl (C=O) groups is 8. The Labute approximate surface area is 472 Å². The maximum Gasteiger partial charge on any atom is 0.246 e. The topological polar surface area (TPSA) is 234 Å². The fraction of sp³-hybridized carbons (Fsp3) is 0.581. The Balaban J connectivity index is 1.10. The molecule has 80 heavy (non-hydrogen) atoms. The number of likely N-dealkylation sites (N-methyl/N-ethyl adjacent to an activating group) is 2. The van der Waals surface area contributed by atoms with Crippen molar-refractivity contribution in [1.82, 2.24) is 41.7 Å². The molecule has 2 fully saturated rings. The van der Waals surface area contributed by atoms with Crippen molar-refractivity contribution in [3.63, 3.8) is 0 Å². The zero-order valence-electron chi connectivity index (χ0n) is 49.0. The molecule has 0 aromatic heterocycles. The number of likely N-dealkylation sites (tertiary alicyclic amines) is 2. The SMILES string of the molecule is CN[C@@H](C)C(=O)N[C@H](C(=O)N1C[C@@H](CC(=O)c2cccc(C(=O)C[C@H]3C[C@@H](C(=O)N[C@@H]4CCCc5ccc(OC)cc54)N(C(=O)[C@@H](NC(=O)[C@H](C)NC)C(C)(C)C)C3)c2)C[C@H]1C(=O)N[C@@H]1CCCc2ccc(OC)cc21)C(C)(C)C. The van der Waals surface area contributed by atoms with Gasteiger partial charge in [-0.1, -0.05) is 71.9 Å². The highest BCUT2D eigenvalue weighted by atomic mass is 16.5. The van der Waals surface area contributed by atoms with Gasteiger partial charge < -0.3 is 51.2 Å². The summed E-state index contributed by atoms with van der Waals surface area (Å²) in [6.45, 7) is 14.7. The first kappa shape index (κ1) is 61.0. The molecule has 2 saturated heterocycles. The van der Waals surface area contributed by atoms with Gasteiger partial charge in [-0.25, -0.2) is 0 Å². The van der Waals surface area contributed by atoms with Crippen molar-refractivity contribution >= 4 is 47.0 Å². The molecule has 18 heteroatoms. The Kier molecular flexibility index (Phi) is 19.7. The van der Waals surface area contributed by atoms with Gasteiger partial charge in [0.25, 0.3) is 0 Å². The van der Waals surface area contributed by atoms with Gasteiger partial charge in [-0.15, -0.1) is 0 Å². The van der Waals surface area contributed by atoms with Gasteiger partial charge >= 0.3 is 0 Å². The highest BCUT2D eigenvalue weighted by Gasteiger charge is 2.48. The number of ketones is 2. The van der Waals surface area contributed by atoms with Crippen LogP contribution in [0.4, 0.5) is 0 Å². The lowest BCUT2D eigenvalue weighted by Gasteiger charge is -2.36. The minimum Gasteiger partial charge on any atom is -0.497 e. The third kappa shape index (κ3) is 14.3. The third-order valence-electron chi connectivity index (χ3n) is 16.8. The number of benzene rings is 3. The summed E-state index contributed by atoms with van der Waals surface area (Å²) in [4.78, 5) is 117. The molecular weight excluding hydrogens is 1020 g/mol. The minimum atomic E-state index is -0.986. The average Bonchev–Trinajstić information content (AvgIpc) is 4.07. The zero-order chi connectivity index (χ0) is 58.4. The van der Waals surface area contributed by atoms with E-state index in [-0.39, 0.29) is 86.1 Å². The van der Waals surface area contributed by atoms with E-state index in [1.165, 1.54) is 9.80 Å². The van der Waals surface area contributed by atoms with E-state index in [0.717, 1.165) is 47.9 Å². The molecule has 10 atom stereocenters. The number of hydrogen-bond donors (Lipinski definition) is 6. The number of rotatable bonds is 20. The Bertz CT molecular complexity index is 2620. The van der Waals surface area contributed by atoms with Crippen LogP contribution in [0.15, 0.2) is 60.7 Å². The summed E-state index contributed by atoms with van der Waals surface area (Å²) >= 11 is 0. The highest BCUT2D eigenvalue weighted by molar-refractivity contribution is 6.02. The quantitative estimate of drug-likeness (QED) is 0.0721. The third-order valence-corrected chi connectivity index (χ3v) is 16.8. The van der Waals surface area contributed by atoms with Gasteiger partial charge in [-0.05, 0) is 155 Å². The molecule has 0 spiro atoms. The Morgan fingerprint density at radius 3 is 1.31 bits per heavy atom. The number of aryl methyl sites for hydroxylation is 2. The van der Waals surface area contributed by atoms with Crippen LogP contribution in [0.3, 0.4) is 0 Å². The van der Waals surface area contributed by atoms with Crippen molar-refractivity contribution in [2.75, 3.05) is 41.4 Å². The Morgan fingerprint density at radius 2 is 0.963 bits per heavy atom. The van der Waals surface area contributed by atoms with Crippen molar-refractivity contribution in [3.8, 4) is 11.5 Å². The van der Waals surface area contributed by atoms with Gasteiger partial charge in [0, 0.05) is 37.1 Å². The summed E-state index contributed by atoms with van der Waals surface area (Å²) in [5.74, 6) is -2.34. The molecule has 6 N–H and O–H groups in total. The smallest absolute Gasteiger partial charge is 0.246 e. The molecule has 18 nitrogen and oxygen atoms in total. The molecule has 2 aliphatic heterocycles. The minimum absolute atomic E-state index is 0.0225. The number of carbonyl (C=O) groups excluding carboxylic acids is 8. The van der Waals surface area contributed by atoms with Crippen LogP contribution >= 0.6 is 0 Å². The van der Waals surface area contributed by atoms with Crippen LogP contribution in [0.1, 0.15) is 162 Å². The number of ether oxygens (including phenoxy) is 2. The summed E-state index contributed by atoms with van der Waals surface area (Å²) in [5, 5.41) is 18.2. The van der Waals surface area contributed by atoms with Crippen molar-refractivity contribution in [3.05, 3.63) is 94.0 Å². The maximum atomic E-state index is 14.8. The lowest BCUT2D eigenvalue weighted by Crippen LogP contribution is -2.59. The molecule has 0 bridgehead atoms. The predicted octanol–water partition coefficient (Wildman–Crippen LogP) is 5.95. The Morgan fingerprint density at radius 1 is 0.575 bits per heavy atom. The molecule has 7 rings (SSSR count). The first-order valence-electron chi connectivity index (χ1n) is 28.5. The summed E-state index contributed by atoms with van der Waals surface area (Å²) < 4.78 is 11.1. The summed E-state index contributed by atoms with van der Waals surface area (Å²) in [6.07, 6.45) is 5.16. The van der Waals surface area contributed by atoms with Gasteiger partial charge in [-0.2, -0.15) is 0 Å². The van der Waals surface area contributed by atoms with Crippen molar-refractivity contribution in [2.45, 2.75) is 168 Å². The maximum absolute atomic E-state index is 14.8. The predicted molar refractivity (Wildman–Crippen MR) is 305 cm³/mol. The molecule has 0 saturated carbocycles. The van der Waals surface area contributed by atoms with Crippen LogP contribution in [0.2, 0.25) is 0 Å². The molecule has 3 aromatic rings. The highest BCUT2D eigenvalue weighted by Crippen LogP contribution is 2.38. The van der Waals surface area contributed by atoms with E-state index >= 15 is 0 Å². The van der Waals surface area contributed by atoms with Crippen molar-refractivity contribution in [1.29, 1.82) is 0 Å². The van der Waals surface area contributed by atoms with Crippen LogP contribution < -0.4 is 41.4 Å². The van der Waals surface area contributed by atoms with Gasteiger partial charge in [0.05, 0.1) is 38.4 Å². The van der Waals surface area contributed by atoms with Crippen molar-refractivity contribution < 1.29 is 47.8 Å². The fourth-order valence-electron chi connectivity index (χ4n) is 11.8. The number of nitrogens with one attached hydrogen (secondary N) is 6. The number of nitrogens with zero attached hydrogens (tertiary/aromatic N) is 2. The molecule has 0 unspecified atom stereocenters. The average molecular weight is 1100 g/mol. The van der Waals surface area contributed by atoms with E-state index < -0.39 is 70.7 Å². The summed E-state index contributed by atoms with van der Waals surface area (Å²) in [6, 6.07) is 12.6. The zero-order valence-corrected chi connectivity index (χ0v) is 49.0. The molecule has 3 aromatic carbocycles.